The number of aryl methyl sites for hydroxylation is 2. The molecule has 0 radical (unpaired) electrons. The minimum absolute atomic E-state index is 0.0193. The van der Waals surface area contributed by atoms with Crippen molar-refractivity contribution >= 4 is 17.2 Å². The highest BCUT2D eigenvalue weighted by molar-refractivity contribution is 7.13. The minimum atomic E-state index is -0.122. The predicted molar refractivity (Wildman–Crippen MR) is 84.0 cm³/mol. The van der Waals surface area contributed by atoms with Crippen LogP contribution in [-0.2, 0) is 17.7 Å². The van der Waals surface area contributed by atoms with Crippen molar-refractivity contribution in [2.75, 3.05) is 6.61 Å². The monoisotopic (exact) mass is 320 g/mol. The summed E-state index contributed by atoms with van der Waals surface area (Å²) in [7, 11) is 0. The first-order chi connectivity index (χ1) is 10.7. The van der Waals surface area contributed by atoms with Gasteiger partial charge < -0.3 is 10.1 Å². The molecular weight excluding hydrogens is 300 g/mol. The second kappa shape index (κ2) is 6.58. The van der Waals surface area contributed by atoms with Crippen LogP contribution in [0.1, 0.15) is 46.6 Å². The highest BCUT2D eigenvalue weighted by atomic mass is 32.1. The first kappa shape index (κ1) is 15.2. The number of hydrogen-bond acceptors (Lipinski definition) is 5. The zero-order valence-electron chi connectivity index (χ0n) is 12.8. The van der Waals surface area contributed by atoms with Gasteiger partial charge in [-0.05, 0) is 19.8 Å². The molecule has 0 spiro atoms. The van der Waals surface area contributed by atoms with Crippen LogP contribution in [-0.4, -0.2) is 33.3 Å². The summed E-state index contributed by atoms with van der Waals surface area (Å²) in [5, 5.41) is 8.34. The molecule has 1 saturated heterocycles. The molecule has 1 aliphatic rings. The SMILES string of the molecule is CCc1ncc(C(=O)N[C@H]2CCO[C@@H]2c2cnn(CC)c2)s1. The summed E-state index contributed by atoms with van der Waals surface area (Å²) in [6, 6.07) is -0.0193. The van der Waals surface area contributed by atoms with Crippen molar-refractivity contribution < 1.29 is 9.53 Å². The molecule has 0 aliphatic carbocycles. The normalized spacial score (nSPS) is 21.2. The molecule has 2 aromatic rings. The van der Waals surface area contributed by atoms with Gasteiger partial charge in [0.2, 0.25) is 0 Å². The van der Waals surface area contributed by atoms with Gasteiger partial charge in [-0.25, -0.2) is 4.98 Å². The van der Waals surface area contributed by atoms with Crippen LogP contribution in [0, 0.1) is 0 Å². The predicted octanol–water partition coefficient (Wildman–Crippen LogP) is 2.18. The average Bonchev–Trinajstić information content (AvgIpc) is 3.26. The third-order valence-corrected chi connectivity index (χ3v) is 4.93. The summed E-state index contributed by atoms with van der Waals surface area (Å²) in [4.78, 5) is 17.2. The van der Waals surface area contributed by atoms with Crippen LogP contribution in [0.4, 0.5) is 0 Å². The van der Waals surface area contributed by atoms with E-state index < -0.39 is 0 Å². The molecule has 1 amide bonds. The second-order valence-electron chi connectivity index (χ2n) is 5.26. The summed E-state index contributed by atoms with van der Waals surface area (Å²) in [6.07, 6.45) is 7.00. The van der Waals surface area contributed by atoms with E-state index in [1.165, 1.54) is 11.3 Å². The Bertz CT molecular complexity index is 652. The Balaban J connectivity index is 1.69. The fourth-order valence-corrected chi connectivity index (χ4v) is 3.34. The molecule has 22 heavy (non-hydrogen) atoms. The van der Waals surface area contributed by atoms with E-state index in [-0.39, 0.29) is 18.1 Å². The Morgan fingerprint density at radius 3 is 3.05 bits per heavy atom. The number of aromatic nitrogens is 3. The van der Waals surface area contributed by atoms with Crippen molar-refractivity contribution in [3.63, 3.8) is 0 Å². The number of nitrogens with one attached hydrogen (secondary N) is 1. The van der Waals surface area contributed by atoms with Crippen LogP contribution >= 0.6 is 11.3 Å². The van der Waals surface area contributed by atoms with Crippen molar-refractivity contribution in [1.82, 2.24) is 20.1 Å². The molecule has 0 aromatic carbocycles. The van der Waals surface area contributed by atoms with Gasteiger partial charge in [0.1, 0.15) is 11.0 Å². The van der Waals surface area contributed by atoms with Crippen LogP contribution in [0.15, 0.2) is 18.6 Å². The Kier molecular flexibility index (Phi) is 4.54. The highest BCUT2D eigenvalue weighted by Gasteiger charge is 2.32. The van der Waals surface area contributed by atoms with Crippen LogP contribution in [0.5, 0.6) is 0 Å². The summed E-state index contributed by atoms with van der Waals surface area (Å²) in [6.45, 7) is 5.55. The summed E-state index contributed by atoms with van der Waals surface area (Å²) in [5.74, 6) is -0.0689. The first-order valence-corrected chi connectivity index (χ1v) is 8.42. The van der Waals surface area contributed by atoms with Crippen molar-refractivity contribution in [1.29, 1.82) is 0 Å². The lowest BCUT2D eigenvalue weighted by atomic mass is 10.1. The quantitative estimate of drug-likeness (QED) is 0.917. The third kappa shape index (κ3) is 3.05. The molecule has 3 rings (SSSR count). The lowest BCUT2D eigenvalue weighted by Gasteiger charge is -2.18. The van der Waals surface area contributed by atoms with Gasteiger partial charge in [-0.15, -0.1) is 11.3 Å². The maximum atomic E-state index is 12.4. The molecule has 1 aliphatic heterocycles. The van der Waals surface area contributed by atoms with Gasteiger partial charge in [0.15, 0.2) is 0 Å². The number of carbonyl (C=O) groups is 1. The third-order valence-electron chi connectivity index (χ3n) is 3.79. The van der Waals surface area contributed by atoms with Gasteiger partial charge in [0, 0.05) is 24.9 Å². The van der Waals surface area contributed by atoms with Gasteiger partial charge >= 0.3 is 0 Å². The number of hydrogen-bond donors (Lipinski definition) is 1. The molecule has 6 nitrogen and oxygen atoms in total. The van der Waals surface area contributed by atoms with Crippen LogP contribution < -0.4 is 5.32 Å². The van der Waals surface area contributed by atoms with Gasteiger partial charge in [0.05, 0.1) is 23.4 Å². The Labute approximate surface area is 133 Å². The summed E-state index contributed by atoms with van der Waals surface area (Å²) < 4.78 is 7.66. The average molecular weight is 320 g/mol. The zero-order chi connectivity index (χ0) is 15.5. The number of ether oxygens (including phenoxy) is 1. The Morgan fingerprint density at radius 1 is 1.50 bits per heavy atom. The fourth-order valence-electron chi connectivity index (χ4n) is 2.58. The standard InChI is InChI=1S/C15H20N4O2S/c1-3-13-16-8-12(22-13)15(20)18-11-5-6-21-14(11)10-7-17-19(4-2)9-10/h7-9,11,14H,3-6H2,1-2H3,(H,18,20)/t11-,14+/m0/s1. The van der Waals surface area contributed by atoms with E-state index in [0.717, 1.165) is 30.0 Å². The van der Waals surface area contributed by atoms with Crippen LogP contribution in [0.25, 0.3) is 0 Å². The molecule has 1 fully saturated rings. The van der Waals surface area contributed by atoms with Gasteiger partial charge in [-0.3, -0.25) is 9.48 Å². The van der Waals surface area contributed by atoms with Crippen LogP contribution in [0.3, 0.4) is 0 Å². The topological polar surface area (TPSA) is 69.0 Å². The summed E-state index contributed by atoms with van der Waals surface area (Å²) in [5.41, 5.74) is 1.02. The maximum absolute atomic E-state index is 12.4. The molecule has 0 bridgehead atoms. The van der Waals surface area contributed by atoms with E-state index in [4.69, 9.17) is 4.74 Å². The Hall–Kier alpha value is -1.73. The van der Waals surface area contributed by atoms with Crippen LogP contribution in [0.2, 0.25) is 0 Å². The maximum Gasteiger partial charge on any atom is 0.263 e. The molecular formula is C15H20N4O2S. The molecule has 3 heterocycles. The van der Waals surface area contributed by atoms with E-state index in [2.05, 4.69) is 15.4 Å². The highest BCUT2D eigenvalue weighted by Crippen LogP contribution is 2.29. The largest absolute Gasteiger partial charge is 0.371 e. The molecule has 7 heteroatoms. The number of carbonyl (C=O) groups excluding carboxylic acids is 1. The molecule has 2 atom stereocenters. The molecule has 1 N–H and O–H groups in total. The van der Waals surface area contributed by atoms with Gasteiger partial charge in [-0.1, -0.05) is 6.92 Å². The smallest absolute Gasteiger partial charge is 0.263 e. The van der Waals surface area contributed by atoms with Crippen molar-refractivity contribution in [3.05, 3.63) is 34.0 Å². The fraction of sp³-hybridized carbons (Fsp3) is 0.533. The number of amides is 1. The zero-order valence-corrected chi connectivity index (χ0v) is 13.6. The van der Waals surface area contributed by atoms with Gasteiger partial charge in [-0.2, -0.15) is 5.10 Å². The van der Waals surface area contributed by atoms with E-state index in [1.807, 2.05) is 30.9 Å². The number of nitrogens with zero attached hydrogens (tertiary/aromatic N) is 3. The van der Waals surface area contributed by atoms with E-state index in [9.17, 15) is 4.79 Å². The number of thiazole rings is 1. The molecule has 2 aromatic heterocycles. The molecule has 0 saturated carbocycles. The minimum Gasteiger partial charge on any atom is -0.371 e. The van der Waals surface area contributed by atoms with E-state index >= 15 is 0 Å². The van der Waals surface area contributed by atoms with Crippen molar-refractivity contribution in [2.24, 2.45) is 0 Å². The second-order valence-corrected chi connectivity index (χ2v) is 6.38. The first-order valence-electron chi connectivity index (χ1n) is 7.60. The lowest BCUT2D eigenvalue weighted by Crippen LogP contribution is -2.36. The van der Waals surface area contributed by atoms with E-state index in [1.54, 1.807) is 6.20 Å². The summed E-state index contributed by atoms with van der Waals surface area (Å²) >= 11 is 1.45. The molecule has 118 valence electrons. The van der Waals surface area contributed by atoms with Crippen molar-refractivity contribution in [2.45, 2.75) is 45.4 Å². The van der Waals surface area contributed by atoms with E-state index in [0.29, 0.717) is 11.5 Å². The van der Waals surface area contributed by atoms with Gasteiger partial charge in [0.25, 0.3) is 5.91 Å². The number of rotatable bonds is 5. The lowest BCUT2D eigenvalue weighted by molar-refractivity contribution is 0.0824. The molecule has 0 unspecified atom stereocenters. The Morgan fingerprint density at radius 2 is 2.36 bits per heavy atom. The van der Waals surface area contributed by atoms with Crippen molar-refractivity contribution in [3.8, 4) is 0 Å².